The first kappa shape index (κ1) is 16.3. The summed E-state index contributed by atoms with van der Waals surface area (Å²) in [5.41, 5.74) is 4.66. The second-order valence-corrected chi connectivity index (χ2v) is 6.33. The molecule has 8 heteroatoms. The van der Waals surface area contributed by atoms with Crippen LogP contribution in [0, 0.1) is 17.8 Å². The number of hydrogen-bond donors (Lipinski definition) is 4. The van der Waals surface area contributed by atoms with E-state index in [4.69, 9.17) is 10.5 Å². The van der Waals surface area contributed by atoms with E-state index in [0.717, 1.165) is 0 Å². The molecule has 0 aromatic heterocycles. The van der Waals surface area contributed by atoms with Crippen LogP contribution in [0.5, 0.6) is 5.75 Å². The quantitative estimate of drug-likeness (QED) is 0.591. The Kier molecular flexibility index (Phi) is 3.71. The van der Waals surface area contributed by atoms with E-state index in [0.29, 0.717) is 11.3 Å². The first-order valence-electron chi connectivity index (χ1n) is 7.49. The summed E-state index contributed by atoms with van der Waals surface area (Å²) in [6.45, 7) is 0. The average Bonchev–Trinajstić information content (AvgIpc) is 3.24. The average molecular weight is 334 g/mol. The molecule has 1 aromatic rings. The number of methoxy groups -OCH3 is 1. The summed E-state index contributed by atoms with van der Waals surface area (Å²) in [5, 5.41) is 21.3. The maximum absolute atomic E-state index is 12.4. The fourth-order valence-electron chi connectivity index (χ4n) is 3.85. The Balaban J connectivity index is 1.79. The zero-order chi connectivity index (χ0) is 17.6. The molecule has 1 amide bonds. The van der Waals surface area contributed by atoms with Crippen molar-refractivity contribution in [3.63, 3.8) is 0 Å². The van der Waals surface area contributed by atoms with Gasteiger partial charge in [0.05, 0.1) is 13.0 Å². The number of carboxylic acid groups (broad SMARTS) is 2. The summed E-state index contributed by atoms with van der Waals surface area (Å²) in [6.07, 6.45) is 0.0111. The molecule has 0 saturated heterocycles. The van der Waals surface area contributed by atoms with E-state index in [9.17, 15) is 24.6 Å². The van der Waals surface area contributed by atoms with E-state index in [1.165, 1.54) is 7.11 Å². The Morgan fingerprint density at radius 1 is 1.33 bits per heavy atom. The number of amides is 1. The second-order valence-electron chi connectivity index (χ2n) is 6.33. The summed E-state index contributed by atoms with van der Waals surface area (Å²) >= 11 is 0. The Morgan fingerprint density at radius 2 is 2.04 bits per heavy atom. The van der Waals surface area contributed by atoms with E-state index >= 15 is 0 Å². The number of hydrogen-bond acceptors (Lipinski definition) is 5. The molecule has 8 nitrogen and oxygen atoms in total. The summed E-state index contributed by atoms with van der Waals surface area (Å²) in [7, 11) is 1.48. The number of carboxylic acids is 2. The summed E-state index contributed by atoms with van der Waals surface area (Å²) < 4.78 is 5.06. The van der Waals surface area contributed by atoms with Crippen molar-refractivity contribution in [1.82, 2.24) is 5.32 Å². The zero-order valence-corrected chi connectivity index (χ0v) is 12.9. The molecule has 2 aliphatic rings. The summed E-state index contributed by atoms with van der Waals surface area (Å²) in [4.78, 5) is 35.1. The van der Waals surface area contributed by atoms with Crippen LogP contribution >= 0.6 is 0 Å². The highest BCUT2D eigenvalue weighted by Gasteiger charge is 2.74. The van der Waals surface area contributed by atoms with E-state index < -0.39 is 47.2 Å². The standard InChI is InChI=1S/C16H18N2O6/c1-24-8-4-2-3-7(5-8)13(19)18-9-6-16(17,15(22)23)12-10(9)11(12)14(20)21/h2-5,9-12H,6,17H2,1H3,(H,18,19)(H,20,21)(H,22,23)/t9-,10-,11-,12+,16-/m1/s1. The molecule has 0 heterocycles. The summed E-state index contributed by atoms with van der Waals surface area (Å²) in [5.74, 6) is -4.18. The van der Waals surface area contributed by atoms with Gasteiger partial charge < -0.3 is 26.0 Å². The van der Waals surface area contributed by atoms with Crippen molar-refractivity contribution in [1.29, 1.82) is 0 Å². The smallest absolute Gasteiger partial charge is 0.324 e. The number of benzene rings is 1. The number of aliphatic carboxylic acids is 2. The van der Waals surface area contributed by atoms with Gasteiger partial charge in [0.1, 0.15) is 11.3 Å². The Hall–Kier alpha value is -2.61. The molecule has 24 heavy (non-hydrogen) atoms. The Morgan fingerprint density at radius 3 is 2.62 bits per heavy atom. The highest BCUT2D eigenvalue weighted by Crippen LogP contribution is 2.61. The largest absolute Gasteiger partial charge is 0.497 e. The topological polar surface area (TPSA) is 139 Å². The minimum absolute atomic E-state index is 0.0111. The number of rotatable bonds is 5. The molecule has 0 radical (unpaired) electrons. The molecule has 0 bridgehead atoms. The van der Waals surface area contributed by atoms with Crippen LogP contribution in [0.3, 0.4) is 0 Å². The molecular formula is C16H18N2O6. The van der Waals surface area contributed by atoms with E-state index in [1.54, 1.807) is 24.3 Å². The molecule has 5 atom stereocenters. The number of ether oxygens (including phenoxy) is 1. The molecule has 2 fully saturated rings. The predicted octanol–water partition coefficient (Wildman–Crippen LogP) is -0.0738. The Labute approximate surface area is 137 Å². The van der Waals surface area contributed by atoms with Crippen LogP contribution in [-0.2, 0) is 9.59 Å². The monoisotopic (exact) mass is 334 g/mol. The number of fused-ring (bicyclic) bond motifs is 1. The minimum Gasteiger partial charge on any atom is -0.497 e. The van der Waals surface area contributed by atoms with E-state index in [1.807, 2.05) is 0 Å². The van der Waals surface area contributed by atoms with Crippen LogP contribution in [0.25, 0.3) is 0 Å². The fourth-order valence-corrected chi connectivity index (χ4v) is 3.85. The number of carbonyl (C=O) groups excluding carboxylic acids is 1. The van der Waals surface area contributed by atoms with Gasteiger partial charge in [-0.1, -0.05) is 6.07 Å². The van der Waals surface area contributed by atoms with E-state index in [-0.39, 0.29) is 6.42 Å². The second kappa shape index (κ2) is 5.48. The highest BCUT2D eigenvalue weighted by atomic mass is 16.5. The lowest BCUT2D eigenvalue weighted by molar-refractivity contribution is -0.145. The van der Waals surface area contributed by atoms with Gasteiger partial charge in [-0.25, -0.2) is 0 Å². The van der Waals surface area contributed by atoms with Crippen molar-refractivity contribution in [2.24, 2.45) is 23.5 Å². The van der Waals surface area contributed by atoms with Gasteiger partial charge in [-0.05, 0) is 30.5 Å². The lowest BCUT2D eigenvalue weighted by Gasteiger charge is -2.25. The van der Waals surface area contributed by atoms with Crippen LogP contribution in [0.1, 0.15) is 16.8 Å². The molecule has 3 rings (SSSR count). The van der Waals surface area contributed by atoms with Crippen molar-refractivity contribution >= 4 is 17.8 Å². The third-order valence-electron chi connectivity index (χ3n) is 5.02. The van der Waals surface area contributed by atoms with Gasteiger partial charge in [-0.15, -0.1) is 0 Å². The Bertz CT molecular complexity index is 720. The van der Waals surface area contributed by atoms with E-state index in [2.05, 4.69) is 5.32 Å². The molecule has 2 saturated carbocycles. The van der Waals surface area contributed by atoms with Gasteiger partial charge in [-0.2, -0.15) is 0 Å². The van der Waals surface area contributed by atoms with Gasteiger partial charge in [0, 0.05) is 17.5 Å². The van der Waals surface area contributed by atoms with Crippen molar-refractivity contribution in [3.05, 3.63) is 29.8 Å². The molecule has 1 aromatic carbocycles. The maximum Gasteiger partial charge on any atom is 0.324 e. The minimum atomic E-state index is -1.62. The predicted molar refractivity (Wildman–Crippen MR) is 81.5 cm³/mol. The molecule has 0 spiro atoms. The fraction of sp³-hybridized carbons (Fsp3) is 0.438. The van der Waals surface area contributed by atoms with Crippen LogP contribution in [0.15, 0.2) is 24.3 Å². The third-order valence-corrected chi connectivity index (χ3v) is 5.02. The number of carbonyl (C=O) groups is 3. The van der Waals surface area contributed by atoms with Gasteiger partial charge in [0.2, 0.25) is 0 Å². The SMILES string of the molecule is COc1cccc(C(=O)N[C@@H]2C[C@](N)(C(=O)O)[C@@H]3[C@H](C(=O)O)[C@H]32)c1. The van der Waals surface area contributed by atoms with Crippen molar-refractivity contribution in [2.45, 2.75) is 18.0 Å². The van der Waals surface area contributed by atoms with Crippen molar-refractivity contribution in [2.75, 3.05) is 7.11 Å². The van der Waals surface area contributed by atoms with Crippen molar-refractivity contribution in [3.8, 4) is 5.75 Å². The van der Waals surface area contributed by atoms with Crippen LogP contribution in [-0.4, -0.2) is 46.7 Å². The first-order valence-corrected chi connectivity index (χ1v) is 7.49. The highest BCUT2D eigenvalue weighted by molar-refractivity contribution is 5.95. The molecule has 2 aliphatic carbocycles. The van der Waals surface area contributed by atoms with Gasteiger partial charge in [-0.3, -0.25) is 14.4 Å². The van der Waals surface area contributed by atoms with Gasteiger partial charge in [0.15, 0.2) is 0 Å². The van der Waals surface area contributed by atoms with Gasteiger partial charge >= 0.3 is 11.9 Å². The van der Waals surface area contributed by atoms with Crippen molar-refractivity contribution < 1.29 is 29.3 Å². The first-order chi connectivity index (χ1) is 11.3. The molecule has 0 unspecified atom stereocenters. The number of nitrogens with one attached hydrogen (secondary N) is 1. The lowest BCUT2D eigenvalue weighted by atomic mass is 9.90. The molecule has 128 valence electrons. The van der Waals surface area contributed by atoms with Crippen LogP contribution in [0.2, 0.25) is 0 Å². The molecule has 5 N–H and O–H groups in total. The lowest BCUT2D eigenvalue weighted by Crippen LogP contribution is -2.52. The summed E-state index contributed by atoms with van der Waals surface area (Å²) in [6, 6.07) is 5.91. The number of nitrogens with two attached hydrogens (primary N) is 1. The zero-order valence-electron chi connectivity index (χ0n) is 12.9. The van der Waals surface area contributed by atoms with Crippen LogP contribution < -0.4 is 15.8 Å². The normalized spacial score (nSPS) is 33.4. The van der Waals surface area contributed by atoms with Crippen LogP contribution in [0.4, 0.5) is 0 Å². The third kappa shape index (κ3) is 2.39. The molecule has 0 aliphatic heterocycles. The molecular weight excluding hydrogens is 316 g/mol. The van der Waals surface area contributed by atoms with Gasteiger partial charge in [0.25, 0.3) is 5.91 Å². The maximum atomic E-state index is 12.4.